The molecule has 0 saturated carbocycles. The number of carboxylic acid groups (broad SMARTS) is 1. The Morgan fingerprint density at radius 3 is 2.65 bits per heavy atom. The van der Waals surface area contributed by atoms with E-state index in [1.165, 1.54) is 17.5 Å². The molecule has 3 rings (SSSR count). The molecule has 1 aromatic carbocycles. The van der Waals surface area contributed by atoms with Crippen LogP contribution in [0.5, 0.6) is 0 Å². The van der Waals surface area contributed by atoms with Crippen molar-refractivity contribution >= 4 is 28.9 Å². The lowest BCUT2D eigenvalue weighted by Crippen LogP contribution is -2.04. The number of hydrogen-bond donors (Lipinski definition) is 1. The zero-order valence-electron chi connectivity index (χ0n) is 12.3. The Hall–Kier alpha value is -2.24. The van der Waals surface area contributed by atoms with Crippen LogP contribution in [-0.4, -0.2) is 21.0 Å². The molecule has 4 nitrogen and oxygen atoms in total. The lowest BCUT2D eigenvalue weighted by Gasteiger charge is -2.07. The van der Waals surface area contributed by atoms with Gasteiger partial charge < -0.3 is 5.11 Å². The fourth-order valence-electron chi connectivity index (χ4n) is 2.39. The van der Waals surface area contributed by atoms with Crippen LogP contribution in [-0.2, 0) is 6.42 Å². The Morgan fingerprint density at radius 1 is 1.26 bits per heavy atom. The van der Waals surface area contributed by atoms with Gasteiger partial charge in [0.2, 0.25) is 0 Å². The second kappa shape index (κ2) is 6.48. The summed E-state index contributed by atoms with van der Waals surface area (Å²) in [6.07, 6.45) is 3.67. The maximum atomic E-state index is 11.4. The number of thiazole rings is 1. The summed E-state index contributed by atoms with van der Waals surface area (Å²) in [6.45, 7) is 1.93. The molecule has 0 fully saturated rings. The first-order valence-electron chi connectivity index (χ1n) is 7.02. The summed E-state index contributed by atoms with van der Waals surface area (Å²) < 4.78 is 0. The standard InChI is InChI=1S/C17H13ClN2O2S/c1-2-12-13(7-19-8-14(12)17(21)22)16-20-15(9-23-16)10-3-5-11(18)6-4-10/h3-9H,2H2,1H3,(H,21,22). The van der Waals surface area contributed by atoms with E-state index in [9.17, 15) is 9.90 Å². The third kappa shape index (κ3) is 3.11. The van der Waals surface area contributed by atoms with E-state index in [-0.39, 0.29) is 5.56 Å². The predicted molar refractivity (Wildman–Crippen MR) is 92.1 cm³/mol. The summed E-state index contributed by atoms with van der Waals surface area (Å²) in [5.74, 6) is -0.967. The normalized spacial score (nSPS) is 10.7. The van der Waals surface area contributed by atoms with Gasteiger partial charge in [-0.25, -0.2) is 9.78 Å². The molecule has 0 amide bonds. The van der Waals surface area contributed by atoms with Crippen molar-refractivity contribution in [1.29, 1.82) is 0 Å². The predicted octanol–water partition coefficient (Wildman–Crippen LogP) is 4.79. The van der Waals surface area contributed by atoms with Gasteiger partial charge in [0.05, 0.1) is 11.3 Å². The van der Waals surface area contributed by atoms with E-state index < -0.39 is 5.97 Å². The maximum absolute atomic E-state index is 11.4. The van der Waals surface area contributed by atoms with Crippen molar-refractivity contribution in [3.63, 3.8) is 0 Å². The van der Waals surface area contributed by atoms with Crippen molar-refractivity contribution < 1.29 is 9.90 Å². The van der Waals surface area contributed by atoms with Crippen molar-refractivity contribution in [2.24, 2.45) is 0 Å². The van der Waals surface area contributed by atoms with Gasteiger partial charge in [-0.2, -0.15) is 0 Å². The highest BCUT2D eigenvalue weighted by atomic mass is 35.5. The zero-order valence-corrected chi connectivity index (χ0v) is 13.9. The molecule has 0 aliphatic carbocycles. The minimum atomic E-state index is -0.967. The van der Waals surface area contributed by atoms with Gasteiger partial charge in [-0.05, 0) is 24.1 Å². The summed E-state index contributed by atoms with van der Waals surface area (Å²) in [7, 11) is 0. The van der Waals surface area contributed by atoms with Crippen LogP contribution in [0.25, 0.3) is 21.8 Å². The van der Waals surface area contributed by atoms with Gasteiger partial charge in [0, 0.05) is 33.9 Å². The Kier molecular flexibility index (Phi) is 4.41. The number of hydrogen-bond acceptors (Lipinski definition) is 4. The Bertz CT molecular complexity index is 859. The van der Waals surface area contributed by atoms with E-state index in [2.05, 4.69) is 9.97 Å². The Balaban J connectivity index is 2.05. The lowest BCUT2D eigenvalue weighted by molar-refractivity contribution is 0.0695. The van der Waals surface area contributed by atoms with Gasteiger partial charge in [0.25, 0.3) is 0 Å². The molecule has 0 saturated heterocycles. The molecule has 2 heterocycles. The number of nitrogens with zero attached hydrogens (tertiary/aromatic N) is 2. The summed E-state index contributed by atoms with van der Waals surface area (Å²) in [6, 6.07) is 7.46. The van der Waals surface area contributed by atoms with E-state index in [1.54, 1.807) is 6.20 Å². The molecule has 0 aliphatic rings. The first kappa shape index (κ1) is 15.6. The molecule has 0 spiro atoms. The number of rotatable bonds is 4. The molecule has 1 N–H and O–H groups in total. The average Bonchev–Trinajstić information content (AvgIpc) is 3.04. The molecule has 0 bridgehead atoms. The second-order valence-electron chi connectivity index (χ2n) is 4.92. The fraction of sp³-hybridized carbons (Fsp3) is 0.118. The monoisotopic (exact) mass is 344 g/mol. The SMILES string of the molecule is CCc1c(C(=O)O)cncc1-c1nc(-c2ccc(Cl)cc2)cs1. The first-order chi connectivity index (χ1) is 11.1. The van der Waals surface area contributed by atoms with Crippen LogP contribution in [0.3, 0.4) is 0 Å². The van der Waals surface area contributed by atoms with Crippen LogP contribution in [0.4, 0.5) is 0 Å². The van der Waals surface area contributed by atoms with Crippen LogP contribution in [0.2, 0.25) is 5.02 Å². The number of carboxylic acids is 1. The van der Waals surface area contributed by atoms with Gasteiger partial charge in [0.1, 0.15) is 5.01 Å². The highest BCUT2D eigenvalue weighted by Crippen LogP contribution is 2.32. The third-order valence-electron chi connectivity index (χ3n) is 3.52. The largest absolute Gasteiger partial charge is 0.478 e. The van der Waals surface area contributed by atoms with Crippen molar-refractivity contribution in [1.82, 2.24) is 9.97 Å². The molecule has 0 radical (unpaired) electrons. The van der Waals surface area contributed by atoms with Gasteiger partial charge in [0.15, 0.2) is 0 Å². The maximum Gasteiger partial charge on any atom is 0.337 e. The smallest absolute Gasteiger partial charge is 0.337 e. The van der Waals surface area contributed by atoms with Crippen LogP contribution in [0.1, 0.15) is 22.8 Å². The summed E-state index contributed by atoms with van der Waals surface area (Å²) in [4.78, 5) is 20.0. The Labute approximate surface area is 142 Å². The van der Waals surface area contributed by atoms with Crippen LogP contribution < -0.4 is 0 Å². The topological polar surface area (TPSA) is 63.1 Å². The van der Waals surface area contributed by atoms with E-state index >= 15 is 0 Å². The molecule has 0 aliphatic heterocycles. The van der Waals surface area contributed by atoms with Crippen molar-refractivity contribution in [3.8, 4) is 21.8 Å². The van der Waals surface area contributed by atoms with E-state index in [0.29, 0.717) is 11.4 Å². The van der Waals surface area contributed by atoms with Crippen LogP contribution in [0.15, 0.2) is 42.0 Å². The summed E-state index contributed by atoms with van der Waals surface area (Å²) in [5, 5.41) is 12.7. The van der Waals surface area contributed by atoms with Gasteiger partial charge in [-0.15, -0.1) is 11.3 Å². The minimum Gasteiger partial charge on any atom is -0.478 e. The van der Waals surface area contributed by atoms with E-state index in [0.717, 1.165) is 27.4 Å². The molecule has 6 heteroatoms. The van der Waals surface area contributed by atoms with Crippen molar-refractivity contribution in [2.45, 2.75) is 13.3 Å². The van der Waals surface area contributed by atoms with E-state index in [4.69, 9.17) is 11.6 Å². The average molecular weight is 345 g/mol. The molecule has 23 heavy (non-hydrogen) atoms. The minimum absolute atomic E-state index is 0.230. The van der Waals surface area contributed by atoms with Crippen LogP contribution >= 0.6 is 22.9 Å². The zero-order chi connectivity index (χ0) is 16.4. The molecule has 116 valence electrons. The number of halogens is 1. The molecule has 0 atom stereocenters. The number of aromatic carboxylic acids is 1. The highest BCUT2D eigenvalue weighted by Gasteiger charge is 2.17. The molecular formula is C17H13ClN2O2S. The third-order valence-corrected chi connectivity index (χ3v) is 4.64. The molecule has 0 unspecified atom stereocenters. The van der Waals surface area contributed by atoms with Crippen molar-refractivity contribution in [2.75, 3.05) is 0 Å². The van der Waals surface area contributed by atoms with Gasteiger partial charge in [-0.3, -0.25) is 4.98 Å². The quantitative estimate of drug-likeness (QED) is 0.739. The fourth-order valence-corrected chi connectivity index (χ4v) is 3.38. The van der Waals surface area contributed by atoms with Crippen molar-refractivity contribution in [3.05, 3.63) is 58.2 Å². The Morgan fingerprint density at radius 2 is 2.00 bits per heavy atom. The number of carbonyl (C=O) groups is 1. The van der Waals surface area contributed by atoms with Crippen LogP contribution in [0, 0.1) is 0 Å². The highest BCUT2D eigenvalue weighted by molar-refractivity contribution is 7.13. The van der Waals surface area contributed by atoms with Gasteiger partial charge in [-0.1, -0.05) is 30.7 Å². The van der Waals surface area contributed by atoms with Gasteiger partial charge >= 0.3 is 5.97 Å². The molecular weight excluding hydrogens is 332 g/mol. The second-order valence-corrected chi connectivity index (χ2v) is 6.21. The number of pyridine rings is 1. The van der Waals surface area contributed by atoms with E-state index in [1.807, 2.05) is 36.6 Å². The molecule has 3 aromatic rings. The lowest BCUT2D eigenvalue weighted by atomic mass is 10.0. The molecule has 2 aromatic heterocycles. The first-order valence-corrected chi connectivity index (χ1v) is 8.28. The number of aromatic nitrogens is 2. The summed E-state index contributed by atoms with van der Waals surface area (Å²) >= 11 is 7.38. The summed E-state index contributed by atoms with van der Waals surface area (Å²) in [5.41, 5.74) is 3.57. The number of benzene rings is 1.